The Kier molecular flexibility index (Phi) is 6.29. The van der Waals surface area contributed by atoms with Crippen molar-refractivity contribution in [1.82, 2.24) is 0 Å². The minimum Gasteiger partial charge on any atom is -0.508 e. The fourth-order valence-electron chi connectivity index (χ4n) is 4.02. The Labute approximate surface area is 188 Å². The van der Waals surface area contributed by atoms with E-state index in [-0.39, 0.29) is 17.9 Å². The van der Waals surface area contributed by atoms with E-state index in [1.807, 2.05) is 30.3 Å². The van der Waals surface area contributed by atoms with Crippen molar-refractivity contribution in [3.8, 4) is 5.75 Å². The first-order chi connectivity index (χ1) is 15.7. The molecule has 1 aliphatic rings. The van der Waals surface area contributed by atoms with Gasteiger partial charge < -0.3 is 14.9 Å². The third-order valence-electron chi connectivity index (χ3n) is 5.66. The van der Waals surface area contributed by atoms with Crippen molar-refractivity contribution < 1.29 is 32.9 Å². The van der Waals surface area contributed by atoms with Crippen LogP contribution in [0.15, 0.2) is 78.9 Å². The van der Waals surface area contributed by atoms with Crippen LogP contribution in [-0.2, 0) is 17.3 Å². The highest BCUT2D eigenvalue weighted by molar-refractivity contribution is 5.91. The number of nitrogens with zero attached hydrogens (tertiary/aromatic N) is 1. The van der Waals surface area contributed by atoms with Gasteiger partial charge in [-0.1, -0.05) is 48.5 Å². The summed E-state index contributed by atoms with van der Waals surface area (Å²) in [6.45, 7) is 0. The molecule has 33 heavy (non-hydrogen) atoms. The molecule has 1 heterocycles. The van der Waals surface area contributed by atoms with Gasteiger partial charge in [0.1, 0.15) is 11.8 Å². The Morgan fingerprint density at radius 3 is 2.33 bits per heavy atom. The third kappa shape index (κ3) is 4.96. The van der Waals surface area contributed by atoms with E-state index >= 15 is 0 Å². The monoisotopic (exact) mass is 457 g/mol. The molecule has 3 atom stereocenters. The summed E-state index contributed by atoms with van der Waals surface area (Å²) in [5, 5.41) is 20.6. The summed E-state index contributed by atoms with van der Waals surface area (Å²) in [5.41, 5.74) is 0.618. The minimum atomic E-state index is -4.58. The van der Waals surface area contributed by atoms with Gasteiger partial charge in [-0.05, 0) is 54.3 Å². The zero-order valence-electron chi connectivity index (χ0n) is 17.4. The molecule has 0 bridgehead atoms. The van der Waals surface area contributed by atoms with Crippen molar-refractivity contribution in [1.29, 1.82) is 0 Å². The molecule has 4 rings (SSSR count). The molecule has 172 valence electrons. The van der Waals surface area contributed by atoms with E-state index in [2.05, 4.69) is 0 Å². The molecule has 1 unspecified atom stereocenters. The van der Waals surface area contributed by atoms with Crippen LogP contribution in [0, 0.1) is 0 Å². The number of hydrogen-bond acceptors (Lipinski definition) is 4. The lowest BCUT2D eigenvalue weighted by Gasteiger charge is -2.28. The predicted octanol–water partition coefficient (Wildman–Crippen LogP) is 5.47. The van der Waals surface area contributed by atoms with Crippen LogP contribution in [0.5, 0.6) is 5.75 Å². The number of cyclic esters (lactones) is 1. The topological polar surface area (TPSA) is 70.0 Å². The maximum absolute atomic E-state index is 13.3. The number of alkyl halides is 3. The van der Waals surface area contributed by atoms with E-state index in [1.54, 1.807) is 12.1 Å². The second kappa shape index (κ2) is 9.15. The Balaban J connectivity index is 1.67. The van der Waals surface area contributed by atoms with Crippen molar-refractivity contribution in [3.05, 3.63) is 95.6 Å². The first-order valence-electron chi connectivity index (χ1n) is 10.4. The maximum atomic E-state index is 13.3. The number of carbonyl (C=O) groups excluding carboxylic acids is 1. The molecule has 0 aromatic heterocycles. The van der Waals surface area contributed by atoms with Gasteiger partial charge in [-0.25, -0.2) is 4.79 Å². The van der Waals surface area contributed by atoms with Crippen LogP contribution in [0.3, 0.4) is 0 Å². The molecule has 1 saturated heterocycles. The average molecular weight is 457 g/mol. The number of phenolic OH excluding ortho intramolecular Hbond substituents is 1. The Morgan fingerprint density at radius 2 is 1.67 bits per heavy atom. The first kappa shape index (κ1) is 22.7. The van der Waals surface area contributed by atoms with Crippen LogP contribution in [0.4, 0.5) is 23.7 Å². The molecule has 3 aromatic carbocycles. The summed E-state index contributed by atoms with van der Waals surface area (Å²) in [7, 11) is 0. The van der Waals surface area contributed by atoms with Crippen molar-refractivity contribution in [2.45, 2.75) is 37.3 Å². The Morgan fingerprint density at radius 1 is 0.970 bits per heavy atom. The van der Waals surface area contributed by atoms with Crippen LogP contribution in [0.25, 0.3) is 0 Å². The average Bonchev–Trinajstić information content (AvgIpc) is 3.15. The van der Waals surface area contributed by atoms with E-state index in [4.69, 9.17) is 4.74 Å². The first-order valence-corrected chi connectivity index (χ1v) is 10.4. The summed E-state index contributed by atoms with van der Waals surface area (Å²) in [6.07, 6.45) is -6.70. The van der Waals surface area contributed by atoms with Crippen molar-refractivity contribution in [2.24, 2.45) is 0 Å². The number of amides is 1. The second-order valence-electron chi connectivity index (χ2n) is 7.89. The predicted molar refractivity (Wildman–Crippen MR) is 116 cm³/mol. The molecule has 1 fully saturated rings. The molecule has 3 aromatic rings. The van der Waals surface area contributed by atoms with Gasteiger partial charge >= 0.3 is 12.3 Å². The fraction of sp³-hybridized carbons (Fsp3) is 0.240. The normalized spacial score (nSPS) is 19.4. The number of rotatable bonds is 6. The molecule has 0 saturated carbocycles. The summed E-state index contributed by atoms with van der Waals surface area (Å²) < 4.78 is 45.3. The van der Waals surface area contributed by atoms with Gasteiger partial charge in [0, 0.05) is 5.69 Å². The lowest BCUT2D eigenvalue weighted by molar-refractivity contribution is -0.137. The van der Waals surface area contributed by atoms with Crippen LogP contribution >= 0.6 is 0 Å². The highest BCUT2D eigenvalue weighted by Crippen LogP contribution is 2.41. The number of carbonyl (C=O) groups is 1. The third-order valence-corrected chi connectivity index (χ3v) is 5.66. The molecule has 0 spiro atoms. The van der Waals surface area contributed by atoms with Gasteiger partial charge in [0.15, 0.2) is 6.10 Å². The molecule has 8 heteroatoms. The minimum absolute atomic E-state index is 0.00390. The van der Waals surface area contributed by atoms with Crippen LogP contribution < -0.4 is 4.90 Å². The second-order valence-corrected chi connectivity index (χ2v) is 7.89. The number of benzene rings is 3. The Bertz CT molecular complexity index is 1100. The number of anilines is 1. The number of halogens is 3. The van der Waals surface area contributed by atoms with E-state index in [0.717, 1.165) is 22.6 Å². The van der Waals surface area contributed by atoms with E-state index < -0.39 is 36.1 Å². The number of aryl methyl sites for hydroxylation is 1. The standard InChI is InChI=1S/C25H22F3NO4/c26-25(27,28)18-7-4-8-19(15-18)29-22(17-10-12-20(30)13-11-17)23(33-24(29)32)21(31)14-9-16-5-2-1-3-6-16/h1-8,10-13,15,21-23,30-31H,9,14H2/t21-,22-,23?/m1/s1. The zero-order valence-corrected chi connectivity index (χ0v) is 17.4. The molecule has 0 aliphatic carbocycles. The summed E-state index contributed by atoms with van der Waals surface area (Å²) in [6, 6.07) is 18.9. The van der Waals surface area contributed by atoms with Gasteiger partial charge in [-0.3, -0.25) is 4.90 Å². The number of aromatic hydroxyl groups is 1. The van der Waals surface area contributed by atoms with E-state index in [0.29, 0.717) is 12.0 Å². The smallest absolute Gasteiger partial charge is 0.416 e. The van der Waals surface area contributed by atoms with Crippen molar-refractivity contribution >= 4 is 11.8 Å². The Hall–Kier alpha value is -3.52. The van der Waals surface area contributed by atoms with Gasteiger partial charge in [0.05, 0.1) is 11.7 Å². The van der Waals surface area contributed by atoms with E-state index in [9.17, 15) is 28.2 Å². The summed E-state index contributed by atoms with van der Waals surface area (Å²) in [5.74, 6) is -0.00390. The highest BCUT2D eigenvalue weighted by Gasteiger charge is 2.47. The largest absolute Gasteiger partial charge is 0.508 e. The molecule has 5 nitrogen and oxygen atoms in total. The van der Waals surface area contributed by atoms with Gasteiger partial charge in [0.2, 0.25) is 0 Å². The molecule has 1 aliphatic heterocycles. The van der Waals surface area contributed by atoms with Gasteiger partial charge in [-0.2, -0.15) is 13.2 Å². The summed E-state index contributed by atoms with van der Waals surface area (Å²) in [4.78, 5) is 14.0. The lowest BCUT2D eigenvalue weighted by Crippen LogP contribution is -2.35. The quantitative estimate of drug-likeness (QED) is 0.515. The van der Waals surface area contributed by atoms with Crippen molar-refractivity contribution in [3.63, 3.8) is 0 Å². The van der Waals surface area contributed by atoms with E-state index in [1.165, 1.54) is 24.3 Å². The molecule has 0 radical (unpaired) electrons. The van der Waals surface area contributed by atoms with Crippen LogP contribution in [0.1, 0.15) is 29.2 Å². The number of aliphatic hydroxyl groups is 1. The molecule has 2 N–H and O–H groups in total. The molecular weight excluding hydrogens is 435 g/mol. The molecule has 1 amide bonds. The summed E-state index contributed by atoms with van der Waals surface area (Å²) >= 11 is 0. The number of aliphatic hydroxyl groups excluding tert-OH is 1. The van der Waals surface area contributed by atoms with Gasteiger partial charge in [0.25, 0.3) is 0 Å². The highest BCUT2D eigenvalue weighted by atomic mass is 19.4. The number of hydrogen-bond donors (Lipinski definition) is 2. The van der Waals surface area contributed by atoms with Gasteiger partial charge in [-0.15, -0.1) is 0 Å². The SMILES string of the molecule is O=C1OC([C@H](O)CCc2ccccc2)[C@@H](c2ccc(O)cc2)N1c1cccc(C(F)(F)F)c1. The molecular formula is C25H22F3NO4. The van der Waals surface area contributed by atoms with Crippen LogP contribution in [-0.4, -0.2) is 28.5 Å². The number of ether oxygens (including phenoxy) is 1. The zero-order chi connectivity index (χ0) is 23.6. The van der Waals surface area contributed by atoms with Crippen LogP contribution in [0.2, 0.25) is 0 Å². The van der Waals surface area contributed by atoms with Crippen molar-refractivity contribution in [2.75, 3.05) is 4.90 Å². The number of phenols is 1. The maximum Gasteiger partial charge on any atom is 0.416 e. The fourth-order valence-corrected chi connectivity index (χ4v) is 4.02. The lowest BCUT2D eigenvalue weighted by atomic mass is 9.93.